The number of hydrogen-bond acceptors (Lipinski definition) is 6. The fraction of sp³-hybridized carbons (Fsp3) is 0.512. The first-order valence-electron chi connectivity index (χ1n) is 18.3. The number of rotatable bonds is 18. The molecule has 0 aromatic heterocycles. The first-order chi connectivity index (χ1) is 24.4. The van der Waals surface area contributed by atoms with E-state index >= 15 is 0 Å². The lowest BCUT2D eigenvalue weighted by Crippen LogP contribution is -2.40. The summed E-state index contributed by atoms with van der Waals surface area (Å²) in [6, 6.07) is 26.8. The second-order valence-corrected chi connectivity index (χ2v) is 14.3. The molecule has 1 unspecified atom stereocenters. The predicted octanol–water partition coefficient (Wildman–Crippen LogP) is 6.60. The molecule has 2 saturated carbocycles. The van der Waals surface area contributed by atoms with Crippen LogP contribution in [0, 0.1) is 17.8 Å². The molecule has 0 spiro atoms. The lowest BCUT2D eigenvalue weighted by molar-refractivity contribution is -0.146. The minimum Gasteiger partial charge on any atom is -0.465 e. The Hall–Kier alpha value is -3.76. The molecule has 0 bridgehead atoms. The Kier molecular flexibility index (Phi) is 12.6. The number of carbonyl (C=O) groups excluding carboxylic acids is 1. The highest BCUT2D eigenvalue weighted by Gasteiger charge is 2.44. The number of hydrogen-bond donors (Lipinski definition) is 1. The Morgan fingerprint density at radius 2 is 1.48 bits per heavy atom. The van der Waals surface area contributed by atoms with E-state index in [2.05, 4.69) is 29.2 Å². The van der Waals surface area contributed by atoms with Gasteiger partial charge in [0, 0.05) is 52.0 Å². The van der Waals surface area contributed by atoms with E-state index in [1.54, 1.807) is 19.1 Å². The average molecular weight is 684 g/mol. The molecule has 0 radical (unpaired) electrons. The van der Waals surface area contributed by atoms with Crippen molar-refractivity contribution < 1.29 is 28.9 Å². The van der Waals surface area contributed by atoms with E-state index in [1.807, 2.05) is 59.5 Å². The first kappa shape index (κ1) is 36.0. The van der Waals surface area contributed by atoms with Gasteiger partial charge >= 0.3 is 6.09 Å². The topological polar surface area (TPSA) is 91.8 Å². The maximum absolute atomic E-state index is 12.8. The quantitative estimate of drug-likeness (QED) is 0.119. The van der Waals surface area contributed by atoms with E-state index < -0.39 is 12.4 Å². The molecular formula is C41H53N3O6. The minimum absolute atomic E-state index is 0.00176. The van der Waals surface area contributed by atoms with Crippen molar-refractivity contribution in [3.63, 3.8) is 0 Å². The number of ether oxygens (including phenoxy) is 3. The maximum Gasteiger partial charge on any atom is 0.412 e. The van der Waals surface area contributed by atoms with Crippen molar-refractivity contribution in [2.24, 2.45) is 17.8 Å². The molecule has 3 aromatic carbocycles. The zero-order valence-electron chi connectivity index (χ0n) is 29.6. The van der Waals surface area contributed by atoms with Crippen LogP contribution in [0.25, 0.3) is 11.1 Å². The number of carbonyl (C=O) groups is 2. The van der Waals surface area contributed by atoms with Gasteiger partial charge in [0.25, 0.3) is 0 Å². The highest BCUT2D eigenvalue weighted by atomic mass is 16.7. The highest BCUT2D eigenvalue weighted by molar-refractivity contribution is 5.93. The summed E-state index contributed by atoms with van der Waals surface area (Å²) in [5.74, 6) is 1.75. The third-order valence-electron chi connectivity index (χ3n) is 10.8. The molecule has 268 valence electrons. The number of amides is 2. The van der Waals surface area contributed by atoms with E-state index in [4.69, 9.17) is 14.2 Å². The number of para-hydroxylation sites is 1. The number of likely N-dealkylation sites (tertiary alicyclic amines) is 1. The van der Waals surface area contributed by atoms with Gasteiger partial charge < -0.3 is 29.1 Å². The van der Waals surface area contributed by atoms with Crippen LogP contribution in [0.2, 0.25) is 0 Å². The fourth-order valence-corrected chi connectivity index (χ4v) is 7.84. The second kappa shape index (κ2) is 17.4. The Morgan fingerprint density at radius 3 is 2.12 bits per heavy atom. The maximum atomic E-state index is 12.8. The summed E-state index contributed by atoms with van der Waals surface area (Å²) in [6.07, 6.45) is 5.08. The summed E-state index contributed by atoms with van der Waals surface area (Å²) in [6.45, 7) is 5.30. The molecule has 9 nitrogen and oxygen atoms in total. The largest absolute Gasteiger partial charge is 0.465 e. The molecule has 3 aromatic rings. The molecule has 1 N–H and O–H groups in total. The van der Waals surface area contributed by atoms with E-state index in [-0.39, 0.29) is 11.9 Å². The minimum atomic E-state index is -0.870. The lowest BCUT2D eigenvalue weighted by Gasteiger charge is -2.29. The summed E-state index contributed by atoms with van der Waals surface area (Å²) in [4.78, 5) is 31.5. The van der Waals surface area contributed by atoms with Crippen molar-refractivity contribution in [1.29, 1.82) is 0 Å². The lowest BCUT2D eigenvalue weighted by atomic mass is 10.0. The van der Waals surface area contributed by atoms with E-state index in [1.165, 1.54) is 24.0 Å². The van der Waals surface area contributed by atoms with Gasteiger partial charge in [0.15, 0.2) is 6.29 Å². The molecule has 3 fully saturated rings. The number of benzene rings is 3. The van der Waals surface area contributed by atoms with Gasteiger partial charge in [0.2, 0.25) is 5.91 Å². The predicted molar refractivity (Wildman–Crippen MR) is 195 cm³/mol. The van der Waals surface area contributed by atoms with Crippen LogP contribution in [0.15, 0.2) is 78.9 Å². The molecule has 3 aliphatic rings. The fourth-order valence-electron chi connectivity index (χ4n) is 7.84. The number of nitrogens with zero attached hydrogens (tertiary/aromatic N) is 3. The van der Waals surface area contributed by atoms with Gasteiger partial charge in [-0.15, -0.1) is 0 Å². The van der Waals surface area contributed by atoms with Gasteiger partial charge in [-0.1, -0.05) is 72.8 Å². The van der Waals surface area contributed by atoms with Crippen LogP contribution in [-0.4, -0.2) is 99.4 Å². The molecule has 2 aliphatic carbocycles. The van der Waals surface area contributed by atoms with Gasteiger partial charge in [0.1, 0.15) is 0 Å². The Balaban J connectivity index is 0.909. The molecule has 6 rings (SSSR count). The third kappa shape index (κ3) is 9.51. The monoisotopic (exact) mass is 683 g/mol. The van der Waals surface area contributed by atoms with Crippen molar-refractivity contribution in [1.82, 2.24) is 9.80 Å². The Bertz CT molecular complexity index is 1510. The zero-order chi connectivity index (χ0) is 34.9. The van der Waals surface area contributed by atoms with Crippen molar-refractivity contribution >= 4 is 17.7 Å². The van der Waals surface area contributed by atoms with Crippen molar-refractivity contribution in [2.45, 2.75) is 57.3 Å². The molecule has 1 saturated heterocycles. The second-order valence-electron chi connectivity index (χ2n) is 14.3. The number of methoxy groups -OCH3 is 2. The molecule has 50 heavy (non-hydrogen) atoms. The van der Waals surface area contributed by atoms with E-state index in [0.29, 0.717) is 43.9 Å². The number of carboxylic acid groups (broad SMARTS) is 1. The van der Waals surface area contributed by atoms with Crippen LogP contribution < -0.4 is 4.90 Å². The first-order valence-corrected chi connectivity index (χ1v) is 18.3. The van der Waals surface area contributed by atoms with Gasteiger partial charge in [-0.2, -0.15) is 0 Å². The van der Waals surface area contributed by atoms with E-state index in [0.717, 1.165) is 68.7 Å². The Labute approximate surface area is 297 Å². The van der Waals surface area contributed by atoms with Gasteiger partial charge in [-0.3, -0.25) is 9.69 Å². The smallest absolute Gasteiger partial charge is 0.412 e. The summed E-state index contributed by atoms with van der Waals surface area (Å²) in [5.41, 5.74) is 5.34. The standard InChI is InChI=1S/C41H53N3O6/c1-48-40(49-2)29-43(26-32-16-17-32)39(45)20-23-50-22-19-31-14-12-30(13-15-31)18-21-42-27-34-24-36(25-35(34)28-42)44(41(46)47)38-11-7-6-10-37(38)33-8-4-3-5-9-33/h3-15,32,34-36,40H,16-29H2,1-2H3,(H,46,47)/t34-,35+,36?. The molecular weight excluding hydrogens is 630 g/mol. The van der Waals surface area contributed by atoms with Gasteiger partial charge in [-0.05, 0) is 79.0 Å². The highest BCUT2D eigenvalue weighted by Crippen LogP contribution is 2.43. The number of fused-ring (bicyclic) bond motifs is 1. The van der Waals surface area contributed by atoms with Crippen LogP contribution in [0.3, 0.4) is 0 Å². The van der Waals surface area contributed by atoms with Crippen molar-refractivity contribution in [3.05, 3.63) is 90.0 Å². The zero-order valence-corrected chi connectivity index (χ0v) is 29.6. The van der Waals surface area contributed by atoms with Crippen LogP contribution in [-0.2, 0) is 31.8 Å². The normalized spacial score (nSPS) is 20.3. The average Bonchev–Trinajstić information content (AvgIpc) is 3.76. The van der Waals surface area contributed by atoms with Crippen LogP contribution >= 0.6 is 0 Å². The third-order valence-corrected chi connectivity index (χ3v) is 10.8. The SMILES string of the molecule is COC(CN(CC1CC1)C(=O)CCOCCc1ccc(CCN2C[C@H]3CC(N(C(=O)O)c4ccccc4-c4ccccc4)C[C@H]3C2)cc1)OC. The molecule has 3 atom stereocenters. The number of anilines is 1. The van der Waals surface area contributed by atoms with Crippen LogP contribution in [0.4, 0.5) is 10.5 Å². The van der Waals surface area contributed by atoms with Crippen LogP contribution in [0.5, 0.6) is 0 Å². The molecule has 1 heterocycles. The Morgan fingerprint density at radius 1 is 0.840 bits per heavy atom. The van der Waals surface area contributed by atoms with E-state index in [9.17, 15) is 14.7 Å². The molecule has 1 aliphatic heterocycles. The van der Waals surface area contributed by atoms with Crippen LogP contribution in [0.1, 0.15) is 43.2 Å². The summed E-state index contributed by atoms with van der Waals surface area (Å²) in [5, 5.41) is 10.4. The van der Waals surface area contributed by atoms with Crippen molar-refractivity contribution in [3.8, 4) is 11.1 Å². The molecule has 2 amide bonds. The summed E-state index contributed by atoms with van der Waals surface area (Å²) in [7, 11) is 3.20. The van der Waals surface area contributed by atoms with Gasteiger partial charge in [0.05, 0.1) is 31.9 Å². The summed E-state index contributed by atoms with van der Waals surface area (Å²) >= 11 is 0. The summed E-state index contributed by atoms with van der Waals surface area (Å²) < 4.78 is 16.5. The molecule has 9 heteroatoms. The van der Waals surface area contributed by atoms with Crippen molar-refractivity contribution in [2.75, 3.05) is 65.1 Å². The van der Waals surface area contributed by atoms with Gasteiger partial charge in [-0.25, -0.2) is 4.79 Å².